The highest BCUT2D eigenvalue weighted by atomic mass is 32.1. The molecule has 1 spiro atoms. The summed E-state index contributed by atoms with van der Waals surface area (Å²) < 4.78 is 0. The molecule has 11 heteroatoms. The van der Waals surface area contributed by atoms with Crippen LogP contribution in [0.4, 0.5) is 9.80 Å². The SMILES string of the molecule is CCNC(=O)Nc1sc2nc(C)c(C)cc2c1C(=O)N1CCC(N2CCCC3(C2)[NH+]=C(C)N(C(C)C)C3=O)CC1. The first-order valence-electron chi connectivity index (χ1n) is 14.5. The van der Waals surface area contributed by atoms with Gasteiger partial charge < -0.3 is 10.2 Å². The van der Waals surface area contributed by atoms with E-state index in [1.807, 2.05) is 43.6 Å². The Morgan fingerprint density at radius 1 is 1.20 bits per heavy atom. The molecule has 5 rings (SSSR count). The molecular formula is C29H42N7O3S+. The van der Waals surface area contributed by atoms with Crippen molar-refractivity contribution in [3.05, 3.63) is 22.9 Å². The van der Waals surface area contributed by atoms with Crippen molar-refractivity contribution in [1.82, 2.24) is 25.0 Å². The second-order valence-electron chi connectivity index (χ2n) is 11.7. The van der Waals surface area contributed by atoms with Crippen LogP contribution in [0.25, 0.3) is 10.2 Å². The molecule has 1 atom stereocenters. The summed E-state index contributed by atoms with van der Waals surface area (Å²) in [6, 6.07) is 2.14. The summed E-state index contributed by atoms with van der Waals surface area (Å²) in [6.07, 6.45) is 3.52. The van der Waals surface area contributed by atoms with Crippen molar-refractivity contribution in [1.29, 1.82) is 0 Å². The second-order valence-corrected chi connectivity index (χ2v) is 12.7. The third-order valence-electron chi connectivity index (χ3n) is 8.62. The molecule has 40 heavy (non-hydrogen) atoms. The van der Waals surface area contributed by atoms with Gasteiger partial charge in [0.15, 0.2) is 0 Å². The molecule has 3 aliphatic heterocycles. The smallest absolute Gasteiger partial charge is 0.338 e. The molecule has 2 fully saturated rings. The van der Waals surface area contributed by atoms with Gasteiger partial charge in [-0.25, -0.2) is 14.6 Å². The average Bonchev–Trinajstić information content (AvgIpc) is 3.36. The molecule has 1 unspecified atom stereocenters. The van der Waals surface area contributed by atoms with Gasteiger partial charge in [0.25, 0.3) is 5.91 Å². The van der Waals surface area contributed by atoms with Gasteiger partial charge in [-0.2, -0.15) is 4.90 Å². The van der Waals surface area contributed by atoms with E-state index in [4.69, 9.17) is 4.98 Å². The molecule has 2 aromatic rings. The van der Waals surface area contributed by atoms with Crippen LogP contribution in [0.1, 0.15) is 75.0 Å². The molecule has 0 aliphatic carbocycles. The van der Waals surface area contributed by atoms with Gasteiger partial charge in [-0.05, 0) is 72.1 Å². The lowest BCUT2D eigenvalue weighted by Gasteiger charge is -2.43. The number of fused-ring (bicyclic) bond motifs is 1. The summed E-state index contributed by atoms with van der Waals surface area (Å²) in [5.74, 6) is 1.07. The number of carbonyl (C=O) groups is 3. The predicted octanol–water partition coefficient (Wildman–Crippen LogP) is 2.24. The van der Waals surface area contributed by atoms with E-state index in [0.717, 1.165) is 59.5 Å². The maximum atomic E-state index is 14.0. The van der Waals surface area contributed by atoms with Crippen LogP contribution in [0.15, 0.2) is 6.07 Å². The van der Waals surface area contributed by atoms with Crippen LogP contribution in [-0.2, 0) is 4.79 Å². The van der Waals surface area contributed by atoms with Crippen molar-refractivity contribution >= 4 is 50.2 Å². The second kappa shape index (κ2) is 11.1. The number of hydrogen-bond acceptors (Lipinski definition) is 6. The van der Waals surface area contributed by atoms with E-state index in [1.165, 1.54) is 11.3 Å². The molecule has 5 heterocycles. The number of aromatic nitrogens is 1. The van der Waals surface area contributed by atoms with Gasteiger partial charge in [0.05, 0.1) is 18.2 Å². The van der Waals surface area contributed by atoms with Crippen LogP contribution in [0.2, 0.25) is 0 Å². The maximum absolute atomic E-state index is 14.0. The summed E-state index contributed by atoms with van der Waals surface area (Å²) in [6.45, 7) is 15.3. The highest BCUT2D eigenvalue weighted by Gasteiger charge is 2.56. The molecule has 10 nitrogen and oxygen atoms in total. The molecule has 0 aromatic carbocycles. The van der Waals surface area contributed by atoms with E-state index in [0.29, 0.717) is 42.8 Å². The summed E-state index contributed by atoms with van der Waals surface area (Å²) in [7, 11) is 0. The third kappa shape index (κ3) is 5.09. The van der Waals surface area contributed by atoms with Crippen molar-refractivity contribution in [2.75, 3.05) is 38.0 Å². The average molecular weight is 569 g/mol. The van der Waals surface area contributed by atoms with Crippen LogP contribution in [0.5, 0.6) is 0 Å². The minimum Gasteiger partial charge on any atom is -0.338 e. The lowest BCUT2D eigenvalue weighted by molar-refractivity contribution is -0.535. The fourth-order valence-corrected chi connectivity index (χ4v) is 7.64. The summed E-state index contributed by atoms with van der Waals surface area (Å²) in [5, 5.41) is 6.98. The molecule has 0 bridgehead atoms. The number of hydrogen-bond donors (Lipinski definition) is 3. The van der Waals surface area contributed by atoms with Gasteiger partial charge >= 0.3 is 11.9 Å². The molecule has 0 saturated carbocycles. The maximum Gasteiger partial charge on any atom is 0.358 e. The first-order chi connectivity index (χ1) is 19.0. The minimum absolute atomic E-state index is 0.0675. The number of aryl methyl sites for hydroxylation is 2. The fourth-order valence-electron chi connectivity index (χ4n) is 6.55. The molecule has 216 valence electrons. The number of anilines is 1. The number of carbonyl (C=O) groups excluding carboxylic acids is 3. The first-order valence-corrected chi connectivity index (χ1v) is 15.3. The van der Waals surface area contributed by atoms with Crippen molar-refractivity contribution in [2.45, 2.75) is 84.8 Å². The normalized spacial score (nSPS) is 22.5. The highest BCUT2D eigenvalue weighted by molar-refractivity contribution is 7.23. The Labute approximate surface area is 240 Å². The number of thiophene rings is 1. The molecule has 2 saturated heterocycles. The Morgan fingerprint density at radius 2 is 1.93 bits per heavy atom. The lowest BCUT2D eigenvalue weighted by atomic mass is 9.87. The lowest BCUT2D eigenvalue weighted by Crippen LogP contribution is -2.89. The van der Waals surface area contributed by atoms with Gasteiger partial charge in [0.1, 0.15) is 9.83 Å². The zero-order valence-corrected chi connectivity index (χ0v) is 25.3. The van der Waals surface area contributed by atoms with Crippen LogP contribution in [0, 0.1) is 13.8 Å². The Bertz CT molecular complexity index is 1360. The summed E-state index contributed by atoms with van der Waals surface area (Å²) in [5.41, 5.74) is 1.91. The number of nitrogens with one attached hydrogen (secondary N) is 3. The molecule has 2 aromatic heterocycles. The summed E-state index contributed by atoms with van der Waals surface area (Å²) >= 11 is 1.35. The van der Waals surface area contributed by atoms with Crippen molar-refractivity contribution in [2.24, 2.45) is 0 Å². The predicted molar refractivity (Wildman–Crippen MR) is 158 cm³/mol. The zero-order valence-electron chi connectivity index (χ0n) is 24.5. The third-order valence-corrected chi connectivity index (χ3v) is 9.64. The van der Waals surface area contributed by atoms with Gasteiger partial charge in [0, 0.05) is 50.1 Å². The fraction of sp³-hybridized carbons (Fsp3) is 0.621. The summed E-state index contributed by atoms with van der Waals surface area (Å²) in [4.78, 5) is 55.1. The van der Waals surface area contributed by atoms with Crippen molar-refractivity contribution in [3.8, 4) is 0 Å². The van der Waals surface area contributed by atoms with Gasteiger partial charge in [-0.15, -0.1) is 0 Å². The van der Waals surface area contributed by atoms with E-state index in [-0.39, 0.29) is 23.9 Å². The van der Waals surface area contributed by atoms with E-state index in [1.54, 1.807) is 0 Å². The van der Waals surface area contributed by atoms with Gasteiger partial charge in [-0.3, -0.25) is 20.0 Å². The zero-order chi connectivity index (χ0) is 28.8. The highest BCUT2D eigenvalue weighted by Crippen LogP contribution is 2.37. The number of likely N-dealkylation sites (tertiary alicyclic amines) is 2. The van der Waals surface area contributed by atoms with E-state index in [2.05, 4.69) is 34.4 Å². The number of amidine groups is 1. The standard InChI is InChI=1S/C29H41N7O3S/c1-7-30-28(39)32-25-23(22-15-18(4)19(5)31-24(22)40-25)26(37)34-13-9-21(10-14-34)35-12-8-11-29(16-35)27(38)36(17(2)3)20(6)33-29/h15,17,21H,7-14,16H2,1-6H3,(H2,30,32,39)/p+1. The molecular weight excluding hydrogens is 526 g/mol. The molecule has 3 aliphatic rings. The Kier molecular flexibility index (Phi) is 7.89. The number of amides is 4. The van der Waals surface area contributed by atoms with Gasteiger partial charge in [-0.1, -0.05) is 11.3 Å². The van der Waals surface area contributed by atoms with Crippen LogP contribution >= 0.6 is 11.3 Å². The van der Waals surface area contributed by atoms with E-state index < -0.39 is 5.54 Å². The van der Waals surface area contributed by atoms with Crippen molar-refractivity contribution in [3.63, 3.8) is 0 Å². The molecule has 3 N–H and O–H groups in total. The Morgan fingerprint density at radius 3 is 2.58 bits per heavy atom. The monoisotopic (exact) mass is 568 g/mol. The number of pyridine rings is 1. The van der Waals surface area contributed by atoms with Crippen LogP contribution < -0.4 is 15.6 Å². The number of piperidine rings is 2. The Hall–Kier alpha value is -3.05. The van der Waals surface area contributed by atoms with Gasteiger partial charge in [0.2, 0.25) is 11.4 Å². The number of urea groups is 1. The molecule has 0 radical (unpaired) electrons. The Balaban J connectivity index is 1.32. The topological polar surface area (TPSA) is 112 Å². The van der Waals surface area contributed by atoms with Crippen LogP contribution in [-0.4, -0.2) is 93.7 Å². The number of nitrogens with zero attached hydrogens (tertiary/aromatic N) is 4. The minimum atomic E-state index is -0.544. The largest absolute Gasteiger partial charge is 0.358 e. The quantitative estimate of drug-likeness (QED) is 0.512. The van der Waals surface area contributed by atoms with Crippen LogP contribution in [0.3, 0.4) is 0 Å². The van der Waals surface area contributed by atoms with E-state index in [9.17, 15) is 14.4 Å². The number of rotatable bonds is 5. The van der Waals surface area contributed by atoms with Crippen molar-refractivity contribution < 1.29 is 19.4 Å². The van der Waals surface area contributed by atoms with E-state index >= 15 is 0 Å². The first kappa shape index (κ1) is 28.5. The molecule has 4 amide bonds.